The van der Waals surface area contributed by atoms with Gasteiger partial charge in [-0.1, -0.05) is 76.9 Å². The Kier molecular flexibility index (Phi) is 34.2. The molecule has 5 nitrogen and oxygen atoms in total. The van der Waals surface area contributed by atoms with E-state index in [2.05, 4.69) is 23.6 Å². The van der Waals surface area contributed by atoms with Crippen LogP contribution in [0.25, 0.3) is 0 Å². The van der Waals surface area contributed by atoms with Crippen LogP contribution >= 0.6 is 7.82 Å². The van der Waals surface area contributed by atoms with E-state index < -0.39 is 7.82 Å². The van der Waals surface area contributed by atoms with Gasteiger partial charge in [-0.15, -0.1) is 0 Å². The average Bonchev–Trinajstić information content (AvgIpc) is 2.64. The second-order valence-electron chi connectivity index (χ2n) is 7.04. The molecule has 0 amide bonds. The molecule has 0 spiro atoms. The third-order valence-electron chi connectivity index (χ3n) is 4.32. The average molecular weight is 447 g/mol. The fourth-order valence-corrected chi connectivity index (χ4v) is 3.10. The van der Waals surface area contributed by atoms with Gasteiger partial charge < -0.3 is 14.5 Å². The van der Waals surface area contributed by atoms with E-state index in [9.17, 15) is 4.57 Å². The van der Waals surface area contributed by atoms with E-state index in [0.29, 0.717) is 0 Å². The Labute approximate surface area is 202 Å². The first-order valence-corrected chi connectivity index (χ1v) is 12.9. The number of ether oxygens (including phenoxy) is 1. The minimum atomic E-state index is -4.26. The Balaban J connectivity index is -0.000000997. The molecule has 0 aromatic carbocycles. The summed E-state index contributed by atoms with van der Waals surface area (Å²) in [5.74, 6) is 0. The molecule has 0 unspecified atom stereocenters. The summed E-state index contributed by atoms with van der Waals surface area (Å²) in [5, 5.41) is 0. The van der Waals surface area contributed by atoms with Crippen LogP contribution in [0.3, 0.4) is 0 Å². The van der Waals surface area contributed by atoms with Crippen molar-refractivity contribution < 1.29 is 23.6 Å². The van der Waals surface area contributed by atoms with Crippen LogP contribution in [0.2, 0.25) is 0 Å². The van der Waals surface area contributed by atoms with Gasteiger partial charge in [-0.2, -0.15) is 0 Å². The minimum absolute atomic E-state index is 0. The van der Waals surface area contributed by atoms with Gasteiger partial charge >= 0.3 is 37.4 Å². The first-order valence-electron chi connectivity index (χ1n) is 11.4. The summed E-state index contributed by atoms with van der Waals surface area (Å²) in [5.41, 5.74) is 0. The molecule has 0 rings (SSSR count). The summed E-state index contributed by atoms with van der Waals surface area (Å²) in [4.78, 5) is 17.1. The second-order valence-corrected chi connectivity index (χ2v) is 8.28. The van der Waals surface area contributed by atoms with E-state index in [4.69, 9.17) is 14.5 Å². The van der Waals surface area contributed by atoms with Gasteiger partial charge in [0.2, 0.25) is 0 Å². The van der Waals surface area contributed by atoms with E-state index in [1.165, 1.54) is 70.6 Å². The third kappa shape index (κ3) is 39.8. The van der Waals surface area contributed by atoms with Crippen molar-refractivity contribution in [2.45, 2.75) is 111 Å². The fourth-order valence-electron chi connectivity index (χ4n) is 2.74. The summed E-state index contributed by atoms with van der Waals surface area (Å²) in [6.45, 7) is 8.08. The van der Waals surface area contributed by atoms with Crippen LogP contribution in [-0.2, 0) is 13.8 Å². The molecule has 0 aliphatic heterocycles. The number of hydrogen-bond donors (Lipinski definition) is 2. The predicted molar refractivity (Wildman–Crippen MR) is 127 cm³/mol. The van der Waals surface area contributed by atoms with Crippen molar-refractivity contribution in [2.75, 3.05) is 19.8 Å². The molecule has 2 N–H and O–H groups in total. The molecule has 0 aromatic heterocycles. The van der Waals surface area contributed by atoms with Crippen molar-refractivity contribution in [3.8, 4) is 0 Å². The van der Waals surface area contributed by atoms with Crippen LogP contribution in [0, 0.1) is 0 Å². The number of allylic oxidation sites excluding steroid dienone is 2. The number of phosphoric ester groups is 1. The van der Waals surface area contributed by atoms with E-state index in [0.717, 1.165) is 32.5 Å². The summed E-state index contributed by atoms with van der Waals surface area (Å²) >= 11 is 0. The van der Waals surface area contributed by atoms with Crippen molar-refractivity contribution >= 4 is 37.4 Å². The van der Waals surface area contributed by atoms with Crippen molar-refractivity contribution in [3.05, 3.63) is 12.2 Å². The quantitative estimate of drug-likeness (QED) is 0.102. The first kappa shape index (κ1) is 34.4. The van der Waals surface area contributed by atoms with Crippen LogP contribution < -0.4 is 0 Å². The monoisotopic (exact) mass is 446 g/mol. The number of rotatable bonds is 19. The van der Waals surface area contributed by atoms with Gasteiger partial charge in [-0.25, -0.2) is 4.57 Å². The molecule has 0 radical (unpaired) electrons. The predicted octanol–water partition coefficient (Wildman–Crippen LogP) is 6.53. The Bertz CT molecular complexity index is 359. The van der Waals surface area contributed by atoms with E-state index in [1.54, 1.807) is 0 Å². The molecular weight excluding hydrogens is 398 g/mol. The summed E-state index contributed by atoms with van der Waals surface area (Å²) in [6.07, 6.45) is 21.7. The molecule has 0 aliphatic rings. The van der Waals surface area contributed by atoms with Gasteiger partial charge in [0.05, 0.1) is 6.61 Å². The molecule has 0 aliphatic carbocycles. The van der Waals surface area contributed by atoms with Crippen molar-refractivity contribution in [3.63, 3.8) is 0 Å². The Morgan fingerprint density at radius 3 is 1.48 bits per heavy atom. The van der Waals surface area contributed by atoms with Gasteiger partial charge in [0.1, 0.15) is 0 Å². The second kappa shape index (κ2) is 28.8. The van der Waals surface area contributed by atoms with Crippen LogP contribution in [-0.4, -0.2) is 59.2 Å². The maximum absolute atomic E-state index is 10.5. The first-order chi connectivity index (χ1) is 13.5. The normalized spacial score (nSPS) is 11.2. The SMILES string of the molecule is CCCCCCCC/C=C\CCCCCCCCOP(=O)(O)O.CCOCC.[NaH]. The van der Waals surface area contributed by atoms with Crippen LogP contribution in [0.4, 0.5) is 0 Å². The van der Waals surface area contributed by atoms with E-state index >= 15 is 0 Å². The van der Waals surface area contributed by atoms with Gasteiger partial charge in [-0.3, -0.25) is 4.52 Å². The molecule has 0 atom stereocenters. The van der Waals surface area contributed by atoms with Crippen molar-refractivity contribution in [1.29, 1.82) is 0 Å². The van der Waals surface area contributed by atoms with Crippen LogP contribution in [0.15, 0.2) is 12.2 Å². The zero-order valence-electron chi connectivity index (χ0n) is 18.7. The molecular formula is C22H48NaO5P. The van der Waals surface area contributed by atoms with Gasteiger partial charge in [-0.05, 0) is 46.0 Å². The maximum atomic E-state index is 10.5. The molecule has 172 valence electrons. The topological polar surface area (TPSA) is 76.0 Å². The Hall–Kier alpha value is 0.810. The zero-order valence-corrected chi connectivity index (χ0v) is 19.6. The van der Waals surface area contributed by atoms with Gasteiger partial charge in [0.15, 0.2) is 0 Å². The molecule has 0 saturated carbocycles. The Morgan fingerprint density at radius 1 is 0.690 bits per heavy atom. The summed E-state index contributed by atoms with van der Waals surface area (Å²) in [6, 6.07) is 0. The molecule has 0 aromatic rings. The third-order valence-corrected chi connectivity index (χ3v) is 4.84. The molecule has 7 heteroatoms. The van der Waals surface area contributed by atoms with Gasteiger partial charge in [0, 0.05) is 13.2 Å². The molecule has 0 saturated heterocycles. The van der Waals surface area contributed by atoms with E-state index in [1.807, 2.05) is 13.8 Å². The zero-order chi connectivity index (χ0) is 21.3. The molecule has 0 fully saturated rings. The number of phosphoric acid groups is 1. The molecule has 0 bridgehead atoms. The molecule has 0 heterocycles. The Morgan fingerprint density at radius 2 is 1.10 bits per heavy atom. The van der Waals surface area contributed by atoms with E-state index in [-0.39, 0.29) is 36.2 Å². The fraction of sp³-hybridized carbons (Fsp3) is 0.909. The standard InChI is InChI=1S/C18H37O4P.C4H10O.Na.H/c1-2-3-4-5-6-7-8-9-10-11-12-13-14-15-16-17-18-22-23(19,20)21;1-3-5-4-2;;/h9-10H,2-8,11-18H2,1H3,(H2,19,20,21);3-4H2,1-2H3;;/b10-9-;;;. The number of hydrogen-bond acceptors (Lipinski definition) is 3. The summed E-state index contributed by atoms with van der Waals surface area (Å²) < 4.78 is 19.7. The van der Waals surface area contributed by atoms with Crippen molar-refractivity contribution in [2.24, 2.45) is 0 Å². The van der Waals surface area contributed by atoms with Crippen LogP contribution in [0.1, 0.15) is 111 Å². The number of unbranched alkanes of at least 4 members (excludes halogenated alkanes) is 12. The van der Waals surface area contributed by atoms with Crippen molar-refractivity contribution in [1.82, 2.24) is 0 Å². The van der Waals surface area contributed by atoms with Crippen LogP contribution in [0.5, 0.6) is 0 Å². The molecule has 29 heavy (non-hydrogen) atoms. The van der Waals surface area contributed by atoms with Gasteiger partial charge in [0.25, 0.3) is 0 Å². The summed E-state index contributed by atoms with van der Waals surface area (Å²) in [7, 11) is -4.26.